The van der Waals surface area contributed by atoms with Crippen LogP contribution in [0.1, 0.15) is 39.0 Å². The maximum Gasteiger partial charge on any atom is 0.224 e. The monoisotopic (exact) mass is 294 g/mol. The van der Waals surface area contributed by atoms with Gasteiger partial charge in [-0.15, -0.1) is 0 Å². The molecular weight excluding hydrogens is 272 g/mol. The van der Waals surface area contributed by atoms with E-state index in [1.54, 1.807) is 6.20 Å². The van der Waals surface area contributed by atoms with Crippen LogP contribution in [-0.2, 0) is 0 Å². The zero-order chi connectivity index (χ0) is 13.9. The molecule has 2 unspecified atom stereocenters. The quantitative estimate of drug-likeness (QED) is 0.925. The number of hydrogen-bond donors (Lipinski definition) is 1. The number of halogens is 1. The molecule has 2 fully saturated rings. The minimum absolute atomic E-state index is 0.668. The van der Waals surface area contributed by atoms with Crippen LogP contribution < -0.4 is 10.2 Å². The third-order valence-electron chi connectivity index (χ3n) is 4.65. The summed E-state index contributed by atoms with van der Waals surface area (Å²) in [4.78, 5) is 11.2. The molecule has 1 N–H and O–H groups in total. The van der Waals surface area contributed by atoms with Crippen LogP contribution >= 0.6 is 11.6 Å². The molecule has 1 aliphatic carbocycles. The van der Waals surface area contributed by atoms with Crippen LogP contribution in [-0.4, -0.2) is 29.6 Å². The minimum Gasteiger partial charge on any atom is -0.355 e. The van der Waals surface area contributed by atoms with Gasteiger partial charge in [0.05, 0.1) is 6.20 Å². The fourth-order valence-electron chi connectivity index (χ4n) is 3.62. The SMILES string of the molecule is CCNc1ncc(Cl)c(N2CCC3CCCCC3C2)n1. The van der Waals surface area contributed by atoms with E-state index in [1.807, 2.05) is 6.92 Å². The number of piperidine rings is 1. The summed E-state index contributed by atoms with van der Waals surface area (Å²) >= 11 is 6.31. The Kier molecular flexibility index (Phi) is 4.29. The molecule has 1 aromatic heterocycles. The fourth-order valence-corrected chi connectivity index (χ4v) is 3.83. The molecule has 20 heavy (non-hydrogen) atoms. The summed E-state index contributed by atoms with van der Waals surface area (Å²) in [6.07, 6.45) is 8.58. The molecule has 3 rings (SSSR count). The lowest BCUT2D eigenvalue weighted by Crippen LogP contribution is -2.42. The van der Waals surface area contributed by atoms with Crippen molar-refractivity contribution in [3.05, 3.63) is 11.2 Å². The Morgan fingerprint density at radius 2 is 2.10 bits per heavy atom. The summed E-state index contributed by atoms with van der Waals surface area (Å²) in [5, 5.41) is 3.83. The minimum atomic E-state index is 0.668. The number of anilines is 2. The predicted molar refractivity (Wildman–Crippen MR) is 83.5 cm³/mol. The van der Waals surface area contributed by atoms with Gasteiger partial charge in [-0.2, -0.15) is 4.98 Å². The second-order valence-corrected chi connectivity index (χ2v) is 6.34. The predicted octanol–water partition coefficient (Wildman–Crippen LogP) is 3.58. The molecule has 1 aromatic rings. The van der Waals surface area contributed by atoms with Crippen molar-refractivity contribution in [1.82, 2.24) is 9.97 Å². The Hall–Kier alpha value is -1.03. The smallest absolute Gasteiger partial charge is 0.224 e. The van der Waals surface area contributed by atoms with Gasteiger partial charge in [-0.25, -0.2) is 4.98 Å². The van der Waals surface area contributed by atoms with E-state index in [2.05, 4.69) is 20.2 Å². The van der Waals surface area contributed by atoms with Crippen LogP contribution in [0.5, 0.6) is 0 Å². The van der Waals surface area contributed by atoms with Gasteiger partial charge in [0.2, 0.25) is 5.95 Å². The molecule has 2 atom stereocenters. The number of nitrogens with zero attached hydrogens (tertiary/aromatic N) is 3. The molecule has 0 radical (unpaired) electrons. The summed E-state index contributed by atoms with van der Waals surface area (Å²) in [5.74, 6) is 3.33. The lowest BCUT2D eigenvalue weighted by molar-refractivity contribution is 0.202. The Balaban J connectivity index is 1.76. The van der Waals surface area contributed by atoms with Crippen molar-refractivity contribution in [2.75, 3.05) is 29.9 Å². The molecule has 1 saturated heterocycles. The first-order chi connectivity index (χ1) is 9.78. The van der Waals surface area contributed by atoms with E-state index in [0.717, 1.165) is 37.3 Å². The van der Waals surface area contributed by atoms with Crippen molar-refractivity contribution in [2.24, 2.45) is 11.8 Å². The van der Waals surface area contributed by atoms with Gasteiger partial charge in [0.1, 0.15) is 5.02 Å². The number of hydrogen-bond acceptors (Lipinski definition) is 4. The first-order valence-electron chi connectivity index (χ1n) is 7.79. The highest BCUT2D eigenvalue weighted by Crippen LogP contribution is 2.38. The van der Waals surface area contributed by atoms with Crippen LogP contribution in [0.4, 0.5) is 11.8 Å². The van der Waals surface area contributed by atoms with E-state index in [4.69, 9.17) is 11.6 Å². The van der Waals surface area contributed by atoms with Gasteiger partial charge in [0.15, 0.2) is 5.82 Å². The summed E-state index contributed by atoms with van der Waals surface area (Å²) in [6, 6.07) is 0. The second-order valence-electron chi connectivity index (χ2n) is 5.93. The molecule has 0 amide bonds. The van der Waals surface area contributed by atoms with Crippen LogP contribution in [0.25, 0.3) is 0 Å². The van der Waals surface area contributed by atoms with Crippen LogP contribution in [0.15, 0.2) is 6.20 Å². The Morgan fingerprint density at radius 1 is 1.30 bits per heavy atom. The van der Waals surface area contributed by atoms with Crippen LogP contribution in [0.2, 0.25) is 5.02 Å². The lowest BCUT2D eigenvalue weighted by Gasteiger charge is -2.42. The Bertz CT molecular complexity index is 465. The standard InChI is InChI=1S/C15H23ClN4/c1-2-17-15-18-9-13(16)14(19-15)20-8-7-11-5-3-4-6-12(11)10-20/h9,11-12H,2-8,10H2,1H3,(H,17,18,19). The maximum atomic E-state index is 6.31. The average molecular weight is 295 g/mol. The van der Waals surface area contributed by atoms with Crippen molar-refractivity contribution in [1.29, 1.82) is 0 Å². The topological polar surface area (TPSA) is 41.1 Å². The summed E-state index contributed by atoms with van der Waals surface area (Å²) in [5.41, 5.74) is 0. The van der Waals surface area contributed by atoms with Gasteiger partial charge in [-0.05, 0) is 31.6 Å². The molecular formula is C15H23ClN4. The normalized spacial score (nSPS) is 26.2. The second kappa shape index (κ2) is 6.17. The van der Waals surface area contributed by atoms with E-state index in [9.17, 15) is 0 Å². The highest BCUT2D eigenvalue weighted by Gasteiger charge is 2.32. The highest BCUT2D eigenvalue weighted by atomic mass is 35.5. The van der Waals surface area contributed by atoms with Crippen LogP contribution in [0, 0.1) is 11.8 Å². The number of rotatable bonds is 3. The van der Waals surface area contributed by atoms with Crippen molar-refractivity contribution >= 4 is 23.4 Å². The van der Waals surface area contributed by atoms with Gasteiger partial charge in [0, 0.05) is 19.6 Å². The zero-order valence-corrected chi connectivity index (χ0v) is 12.9. The molecule has 2 aliphatic rings. The molecule has 2 heterocycles. The van der Waals surface area contributed by atoms with Gasteiger partial charge in [-0.1, -0.05) is 30.9 Å². The van der Waals surface area contributed by atoms with E-state index in [-0.39, 0.29) is 0 Å². The maximum absolute atomic E-state index is 6.31. The lowest BCUT2D eigenvalue weighted by atomic mass is 9.75. The third kappa shape index (κ3) is 2.85. The van der Waals surface area contributed by atoms with Crippen molar-refractivity contribution in [3.8, 4) is 0 Å². The molecule has 0 aromatic carbocycles. The van der Waals surface area contributed by atoms with E-state index in [1.165, 1.54) is 32.1 Å². The third-order valence-corrected chi connectivity index (χ3v) is 4.92. The molecule has 4 nitrogen and oxygen atoms in total. The van der Waals surface area contributed by atoms with E-state index >= 15 is 0 Å². The number of aromatic nitrogens is 2. The summed E-state index contributed by atoms with van der Waals surface area (Å²) < 4.78 is 0. The largest absolute Gasteiger partial charge is 0.355 e. The Labute approximate surface area is 125 Å². The fraction of sp³-hybridized carbons (Fsp3) is 0.733. The van der Waals surface area contributed by atoms with E-state index in [0.29, 0.717) is 11.0 Å². The first-order valence-corrected chi connectivity index (χ1v) is 8.17. The van der Waals surface area contributed by atoms with Gasteiger partial charge in [0.25, 0.3) is 0 Å². The van der Waals surface area contributed by atoms with Gasteiger partial charge < -0.3 is 10.2 Å². The number of nitrogens with one attached hydrogen (secondary N) is 1. The van der Waals surface area contributed by atoms with E-state index < -0.39 is 0 Å². The van der Waals surface area contributed by atoms with Crippen molar-refractivity contribution < 1.29 is 0 Å². The zero-order valence-electron chi connectivity index (χ0n) is 12.1. The first kappa shape index (κ1) is 13.9. The molecule has 5 heteroatoms. The molecule has 1 aliphatic heterocycles. The Morgan fingerprint density at radius 3 is 2.90 bits per heavy atom. The highest BCUT2D eigenvalue weighted by molar-refractivity contribution is 6.32. The van der Waals surface area contributed by atoms with Crippen LogP contribution in [0.3, 0.4) is 0 Å². The average Bonchev–Trinajstić information content (AvgIpc) is 2.49. The van der Waals surface area contributed by atoms with Crippen molar-refractivity contribution in [3.63, 3.8) is 0 Å². The van der Waals surface area contributed by atoms with Gasteiger partial charge >= 0.3 is 0 Å². The molecule has 0 spiro atoms. The summed E-state index contributed by atoms with van der Waals surface area (Å²) in [7, 11) is 0. The molecule has 1 saturated carbocycles. The molecule has 110 valence electrons. The molecule has 0 bridgehead atoms. The summed E-state index contributed by atoms with van der Waals surface area (Å²) in [6.45, 7) is 5.05. The van der Waals surface area contributed by atoms with Crippen molar-refractivity contribution in [2.45, 2.75) is 39.0 Å². The number of fused-ring (bicyclic) bond motifs is 1. The van der Waals surface area contributed by atoms with Gasteiger partial charge in [-0.3, -0.25) is 0 Å².